The first-order valence-corrected chi connectivity index (χ1v) is 9.03. The second kappa shape index (κ2) is 7.74. The molecule has 0 aromatic carbocycles. The van der Waals surface area contributed by atoms with Crippen molar-refractivity contribution in [2.24, 2.45) is 11.8 Å². The SMILES string of the molecule is C=C(CC1CC[C@@](C(C)=O)(C2CC2)OC1)C[C@H](C)NCCC. The van der Waals surface area contributed by atoms with E-state index >= 15 is 0 Å². The quantitative estimate of drug-likeness (QED) is 0.657. The van der Waals surface area contributed by atoms with Crippen LogP contribution in [0.3, 0.4) is 0 Å². The van der Waals surface area contributed by atoms with Gasteiger partial charge in [0.2, 0.25) is 0 Å². The molecule has 3 atom stereocenters. The number of ketones is 1. The molecule has 0 radical (unpaired) electrons. The lowest BCUT2D eigenvalue weighted by molar-refractivity contribution is -0.158. The van der Waals surface area contributed by atoms with E-state index in [1.165, 1.54) is 12.0 Å². The molecule has 1 saturated heterocycles. The first kappa shape index (κ1) is 17.7. The van der Waals surface area contributed by atoms with Crippen molar-refractivity contribution < 1.29 is 9.53 Å². The van der Waals surface area contributed by atoms with Gasteiger partial charge in [-0.1, -0.05) is 19.1 Å². The summed E-state index contributed by atoms with van der Waals surface area (Å²) in [5.74, 6) is 1.27. The first-order chi connectivity index (χ1) is 10.5. The Morgan fingerprint density at radius 2 is 2.14 bits per heavy atom. The summed E-state index contributed by atoms with van der Waals surface area (Å²) in [6.45, 7) is 12.2. The molecule has 3 heteroatoms. The number of hydrogen-bond acceptors (Lipinski definition) is 3. The Balaban J connectivity index is 1.75. The van der Waals surface area contributed by atoms with Crippen molar-refractivity contribution in [3.8, 4) is 0 Å². The summed E-state index contributed by atoms with van der Waals surface area (Å²) in [5.41, 5.74) is 0.875. The Bertz CT molecular complexity index is 392. The summed E-state index contributed by atoms with van der Waals surface area (Å²) < 4.78 is 6.13. The lowest BCUT2D eigenvalue weighted by Crippen LogP contribution is -2.47. The minimum atomic E-state index is -0.437. The van der Waals surface area contributed by atoms with Crippen molar-refractivity contribution in [3.05, 3.63) is 12.2 Å². The fraction of sp³-hybridized carbons (Fsp3) is 0.842. The minimum absolute atomic E-state index is 0.240. The molecule has 126 valence electrons. The topological polar surface area (TPSA) is 38.3 Å². The maximum absolute atomic E-state index is 12.0. The van der Waals surface area contributed by atoms with Crippen LogP contribution in [0.5, 0.6) is 0 Å². The second-order valence-electron chi connectivity index (χ2n) is 7.45. The molecule has 1 unspecified atom stereocenters. The van der Waals surface area contributed by atoms with Crippen LogP contribution in [-0.2, 0) is 9.53 Å². The molecule has 0 aromatic heterocycles. The monoisotopic (exact) mass is 307 g/mol. The molecule has 0 aromatic rings. The van der Waals surface area contributed by atoms with Crippen LogP contribution in [0.4, 0.5) is 0 Å². The zero-order valence-corrected chi connectivity index (χ0v) is 14.6. The summed E-state index contributed by atoms with van der Waals surface area (Å²) in [7, 11) is 0. The number of hydrogen-bond donors (Lipinski definition) is 1. The number of nitrogens with one attached hydrogen (secondary N) is 1. The van der Waals surface area contributed by atoms with Gasteiger partial charge >= 0.3 is 0 Å². The third-order valence-corrected chi connectivity index (χ3v) is 5.25. The van der Waals surface area contributed by atoms with Crippen LogP contribution in [0.1, 0.15) is 65.7 Å². The predicted molar refractivity (Wildman–Crippen MR) is 90.9 cm³/mol. The van der Waals surface area contributed by atoms with Crippen molar-refractivity contribution in [3.63, 3.8) is 0 Å². The van der Waals surface area contributed by atoms with E-state index in [4.69, 9.17) is 4.74 Å². The van der Waals surface area contributed by atoms with Gasteiger partial charge in [-0.05, 0) is 77.2 Å². The number of ether oxygens (including phenoxy) is 1. The van der Waals surface area contributed by atoms with Crippen LogP contribution in [0.15, 0.2) is 12.2 Å². The normalized spacial score (nSPS) is 30.0. The van der Waals surface area contributed by atoms with Gasteiger partial charge in [0, 0.05) is 6.04 Å². The van der Waals surface area contributed by atoms with E-state index in [1.54, 1.807) is 6.92 Å². The number of rotatable bonds is 9. The van der Waals surface area contributed by atoms with E-state index in [0.717, 1.165) is 51.7 Å². The van der Waals surface area contributed by atoms with E-state index in [1.807, 2.05) is 0 Å². The maximum Gasteiger partial charge on any atom is 0.161 e. The summed E-state index contributed by atoms with van der Waals surface area (Å²) in [6, 6.07) is 0.500. The van der Waals surface area contributed by atoms with Gasteiger partial charge in [0.25, 0.3) is 0 Å². The Kier molecular flexibility index (Phi) is 6.22. The standard InChI is InChI=1S/C19H33NO2/c1-5-10-20-15(3)11-14(2)12-17-8-9-19(16(4)21,22-13-17)18-6-7-18/h15,17-18,20H,2,5-13H2,1,3-4H3/t15-,17?,19+/m0/s1. The van der Waals surface area contributed by atoms with E-state index in [9.17, 15) is 4.79 Å². The van der Waals surface area contributed by atoms with Crippen molar-refractivity contribution in [1.82, 2.24) is 5.32 Å². The van der Waals surface area contributed by atoms with Crippen molar-refractivity contribution >= 4 is 5.78 Å². The Morgan fingerprint density at radius 3 is 2.64 bits per heavy atom. The highest BCUT2D eigenvalue weighted by molar-refractivity contribution is 5.85. The number of carbonyl (C=O) groups excluding carboxylic acids is 1. The zero-order chi connectivity index (χ0) is 16.2. The maximum atomic E-state index is 12.0. The van der Waals surface area contributed by atoms with E-state index in [2.05, 4.69) is 25.7 Å². The predicted octanol–water partition coefficient (Wildman–Crippen LogP) is 3.88. The van der Waals surface area contributed by atoms with Gasteiger partial charge < -0.3 is 10.1 Å². The molecule has 2 rings (SSSR count). The molecular formula is C19H33NO2. The summed E-state index contributed by atoms with van der Waals surface area (Å²) in [5, 5.41) is 3.51. The molecule has 0 spiro atoms. The molecule has 0 bridgehead atoms. The fourth-order valence-electron chi connectivity index (χ4n) is 3.83. The molecule has 1 heterocycles. The van der Waals surface area contributed by atoms with Gasteiger partial charge in [-0.2, -0.15) is 0 Å². The van der Waals surface area contributed by atoms with Gasteiger partial charge in [-0.25, -0.2) is 0 Å². The molecule has 3 nitrogen and oxygen atoms in total. The second-order valence-corrected chi connectivity index (χ2v) is 7.45. The molecule has 2 fully saturated rings. The van der Waals surface area contributed by atoms with Crippen molar-refractivity contribution in [2.75, 3.05) is 13.2 Å². The summed E-state index contributed by atoms with van der Waals surface area (Å²) >= 11 is 0. The van der Waals surface area contributed by atoms with Crippen LogP contribution < -0.4 is 5.32 Å². The zero-order valence-electron chi connectivity index (χ0n) is 14.6. The van der Waals surface area contributed by atoms with E-state index < -0.39 is 5.60 Å². The molecule has 1 aliphatic carbocycles. The third-order valence-electron chi connectivity index (χ3n) is 5.25. The average Bonchev–Trinajstić information content (AvgIpc) is 3.30. The Labute approximate surface area is 135 Å². The molecular weight excluding hydrogens is 274 g/mol. The molecule has 2 aliphatic rings. The van der Waals surface area contributed by atoms with Gasteiger partial charge in [0.05, 0.1) is 6.61 Å². The van der Waals surface area contributed by atoms with Crippen LogP contribution >= 0.6 is 0 Å². The van der Waals surface area contributed by atoms with E-state index in [0.29, 0.717) is 17.9 Å². The third kappa shape index (κ3) is 4.42. The Hall–Kier alpha value is -0.670. The molecule has 22 heavy (non-hydrogen) atoms. The Morgan fingerprint density at radius 1 is 1.41 bits per heavy atom. The molecule has 0 amide bonds. The van der Waals surface area contributed by atoms with Gasteiger partial charge in [-0.15, -0.1) is 0 Å². The van der Waals surface area contributed by atoms with E-state index in [-0.39, 0.29) is 5.78 Å². The lowest BCUT2D eigenvalue weighted by Gasteiger charge is -2.39. The summed E-state index contributed by atoms with van der Waals surface area (Å²) in [4.78, 5) is 12.0. The molecule has 1 N–H and O–H groups in total. The van der Waals surface area contributed by atoms with Crippen LogP contribution in [0.2, 0.25) is 0 Å². The summed E-state index contributed by atoms with van der Waals surface area (Å²) in [6.07, 6.45) is 7.59. The average molecular weight is 307 g/mol. The van der Waals surface area contributed by atoms with Gasteiger partial charge in [0.15, 0.2) is 5.78 Å². The highest BCUT2D eigenvalue weighted by atomic mass is 16.5. The first-order valence-electron chi connectivity index (χ1n) is 9.03. The van der Waals surface area contributed by atoms with Gasteiger partial charge in [-0.3, -0.25) is 4.79 Å². The largest absolute Gasteiger partial charge is 0.367 e. The smallest absolute Gasteiger partial charge is 0.161 e. The minimum Gasteiger partial charge on any atom is -0.367 e. The highest BCUT2D eigenvalue weighted by Gasteiger charge is 2.51. The van der Waals surface area contributed by atoms with Crippen LogP contribution in [0, 0.1) is 11.8 Å². The fourth-order valence-corrected chi connectivity index (χ4v) is 3.83. The number of carbonyl (C=O) groups is 1. The van der Waals surface area contributed by atoms with Gasteiger partial charge in [0.1, 0.15) is 5.60 Å². The van der Waals surface area contributed by atoms with Crippen molar-refractivity contribution in [1.29, 1.82) is 0 Å². The lowest BCUT2D eigenvalue weighted by atomic mass is 9.80. The van der Waals surface area contributed by atoms with Crippen LogP contribution in [0.25, 0.3) is 0 Å². The van der Waals surface area contributed by atoms with Crippen molar-refractivity contribution in [2.45, 2.75) is 77.4 Å². The highest BCUT2D eigenvalue weighted by Crippen LogP contribution is 2.48. The molecule has 1 saturated carbocycles. The van der Waals surface area contributed by atoms with Crippen LogP contribution in [-0.4, -0.2) is 30.6 Å². The molecule has 1 aliphatic heterocycles. The number of Topliss-reactive ketones (excluding diaryl/α,β-unsaturated/α-hetero) is 1.